The van der Waals surface area contributed by atoms with Crippen LogP contribution >= 0.6 is 23.4 Å². The Morgan fingerprint density at radius 1 is 1.29 bits per heavy atom. The maximum Gasteiger partial charge on any atom is 0.417 e. The number of rotatable bonds is 3. The average molecular weight is 436 g/mol. The number of piperazine rings is 1. The van der Waals surface area contributed by atoms with Crippen LogP contribution in [0, 0.1) is 0 Å². The van der Waals surface area contributed by atoms with Gasteiger partial charge >= 0.3 is 6.18 Å². The van der Waals surface area contributed by atoms with E-state index in [1.807, 2.05) is 0 Å². The maximum atomic E-state index is 12.8. The SMILES string of the molecule is O=C1CN(C(=O)CSc2ncc(C(F)(F)F)cc2Cl)C2(CCCCC2)C(=O)N1. The molecule has 3 amide bonds. The largest absolute Gasteiger partial charge is 0.417 e. The van der Waals surface area contributed by atoms with Gasteiger partial charge in [-0.1, -0.05) is 42.6 Å². The molecule has 28 heavy (non-hydrogen) atoms. The van der Waals surface area contributed by atoms with Crippen LogP contribution in [0.2, 0.25) is 5.02 Å². The lowest BCUT2D eigenvalue weighted by atomic mass is 9.78. The molecule has 1 aliphatic carbocycles. The van der Waals surface area contributed by atoms with Crippen molar-refractivity contribution in [3.63, 3.8) is 0 Å². The summed E-state index contributed by atoms with van der Waals surface area (Å²) >= 11 is 6.74. The molecule has 152 valence electrons. The number of amides is 3. The van der Waals surface area contributed by atoms with Crippen LogP contribution in [0.4, 0.5) is 13.2 Å². The number of carbonyl (C=O) groups is 3. The minimum Gasteiger partial charge on any atom is -0.318 e. The van der Waals surface area contributed by atoms with Crippen molar-refractivity contribution in [2.45, 2.75) is 48.8 Å². The highest BCUT2D eigenvalue weighted by molar-refractivity contribution is 8.00. The molecule has 1 spiro atoms. The monoisotopic (exact) mass is 435 g/mol. The number of thioether (sulfide) groups is 1. The van der Waals surface area contributed by atoms with Crippen molar-refractivity contribution in [1.82, 2.24) is 15.2 Å². The molecule has 0 aromatic carbocycles. The third kappa shape index (κ3) is 4.12. The van der Waals surface area contributed by atoms with Crippen molar-refractivity contribution in [3.8, 4) is 0 Å². The molecule has 1 saturated heterocycles. The zero-order valence-corrected chi connectivity index (χ0v) is 16.2. The molecule has 1 saturated carbocycles. The van der Waals surface area contributed by atoms with Gasteiger partial charge in [0.25, 0.3) is 5.91 Å². The van der Waals surface area contributed by atoms with E-state index in [1.165, 1.54) is 4.90 Å². The van der Waals surface area contributed by atoms with Crippen LogP contribution in [0.25, 0.3) is 0 Å². The highest BCUT2D eigenvalue weighted by Crippen LogP contribution is 2.37. The van der Waals surface area contributed by atoms with Gasteiger partial charge < -0.3 is 4.90 Å². The maximum absolute atomic E-state index is 12.8. The van der Waals surface area contributed by atoms with Gasteiger partial charge in [0.05, 0.1) is 16.3 Å². The minimum atomic E-state index is -4.56. The number of hydrogen-bond donors (Lipinski definition) is 1. The Morgan fingerprint density at radius 2 is 1.96 bits per heavy atom. The highest BCUT2D eigenvalue weighted by Gasteiger charge is 2.50. The normalized spacial score (nSPS) is 19.6. The van der Waals surface area contributed by atoms with Gasteiger partial charge in [0.15, 0.2) is 0 Å². The first-order valence-corrected chi connectivity index (χ1v) is 10.0. The Kier molecular flexibility index (Phi) is 5.90. The molecule has 1 aliphatic heterocycles. The smallest absolute Gasteiger partial charge is 0.318 e. The highest BCUT2D eigenvalue weighted by atomic mass is 35.5. The second-order valence-corrected chi connectivity index (χ2v) is 8.12. The summed E-state index contributed by atoms with van der Waals surface area (Å²) in [5.41, 5.74) is -2.02. The van der Waals surface area contributed by atoms with Crippen LogP contribution in [0.3, 0.4) is 0 Å². The molecular weight excluding hydrogens is 419 g/mol. The first kappa shape index (κ1) is 20.9. The van der Waals surface area contributed by atoms with Gasteiger partial charge in [-0.25, -0.2) is 4.98 Å². The van der Waals surface area contributed by atoms with Gasteiger partial charge in [-0.15, -0.1) is 0 Å². The van der Waals surface area contributed by atoms with Crippen molar-refractivity contribution in [1.29, 1.82) is 0 Å². The molecular formula is C17H17ClF3N3O3S. The minimum absolute atomic E-state index is 0.0773. The van der Waals surface area contributed by atoms with E-state index in [0.717, 1.165) is 37.1 Å². The Hall–Kier alpha value is -1.81. The Morgan fingerprint density at radius 3 is 2.57 bits per heavy atom. The van der Waals surface area contributed by atoms with Crippen LogP contribution in [0.5, 0.6) is 0 Å². The molecule has 3 rings (SSSR count). The summed E-state index contributed by atoms with van der Waals surface area (Å²) in [5.74, 6) is -1.66. The molecule has 11 heteroatoms. The molecule has 0 unspecified atom stereocenters. The number of hydrogen-bond acceptors (Lipinski definition) is 5. The van der Waals surface area contributed by atoms with Crippen LogP contribution < -0.4 is 5.32 Å². The number of alkyl halides is 3. The van der Waals surface area contributed by atoms with Gasteiger partial charge in [0.1, 0.15) is 17.1 Å². The van der Waals surface area contributed by atoms with E-state index in [0.29, 0.717) is 19.0 Å². The van der Waals surface area contributed by atoms with Gasteiger partial charge in [-0.2, -0.15) is 13.2 Å². The van der Waals surface area contributed by atoms with Crippen LogP contribution in [0.15, 0.2) is 17.3 Å². The van der Waals surface area contributed by atoms with E-state index in [9.17, 15) is 27.6 Å². The summed E-state index contributed by atoms with van der Waals surface area (Å²) < 4.78 is 38.1. The van der Waals surface area contributed by atoms with Gasteiger partial charge in [-0.05, 0) is 18.9 Å². The molecule has 1 aromatic heterocycles. The van der Waals surface area contributed by atoms with Crippen LogP contribution in [0.1, 0.15) is 37.7 Å². The van der Waals surface area contributed by atoms with Gasteiger partial charge in [0, 0.05) is 6.20 Å². The second-order valence-electron chi connectivity index (χ2n) is 6.75. The van der Waals surface area contributed by atoms with Crippen molar-refractivity contribution >= 4 is 41.1 Å². The van der Waals surface area contributed by atoms with E-state index in [1.54, 1.807) is 0 Å². The molecule has 6 nitrogen and oxygen atoms in total. The van der Waals surface area contributed by atoms with Crippen LogP contribution in [-0.2, 0) is 20.6 Å². The Bertz CT molecular complexity index is 813. The summed E-state index contributed by atoms with van der Waals surface area (Å²) in [7, 11) is 0. The topological polar surface area (TPSA) is 79.4 Å². The van der Waals surface area contributed by atoms with E-state index in [4.69, 9.17) is 11.6 Å². The molecule has 2 fully saturated rings. The van der Waals surface area contributed by atoms with E-state index < -0.39 is 35.0 Å². The van der Waals surface area contributed by atoms with Crippen molar-refractivity contribution in [3.05, 3.63) is 22.8 Å². The quantitative estimate of drug-likeness (QED) is 0.583. The van der Waals surface area contributed by atoms with Crippen molar-refractivity contribution in [2.75, 3.05) is 12.3 Å². The summed E-state index contributed by atoms with van der Waals surface area (Å²) in [6.45, 7) is -0.223. The number of carbonyl (C=O) groups excluding carboxylic acids is 3. The second kappa shape index (κ2) is 7.90. The van der Waals surface area contributed by atoms with E-state index >= 15 is 0 Å². The number of nitrogens with one attached hydrogen (secondary N) is 1. The first-order valence-electron chi connectivity index (χ1n) is 8.64. The summed E-state index contributed by atoms with van der Waals surface area (Å²) in [6, 6.07) is 0.752. The number of halogens is 4. The predicted octanol–water partition coefficient (Wildman–Crippen LogP) is 3.03. The summed E-state index contributed by atoms with van der Waals surface area (Å²) in [5, 5.41) is 2.17. The average Bonchev–Trinajstić information content (AvgIpc) is 2.63. The summed E-state index contributed by atoms with van der Waals surface area (Å²) in [4.78, 5) is 42.1. The third-order valence-corrected chi connectivity index (χ3v) is 6.33. The third-order valence-electron chi connectivity index (χ3n) is 4.94. The molecule has 0 bridgehead atoms. The fraction of sp³-hybridized carbons (Fsp3) is 0.529. The lowest BCUT2D eigenvalue weighted by Gasteiger charge is -2.47. The number of imide groups is 1. The number of nitrogens with zero attached hydrogens (tertiary/aromatic N) is 2. The Balaban J connectivity index is 1.74. The molecule has 0 atom stereocenters. The fourth-order valence-electron chi connectivity index (χ4n) is 3.56. The van der Waals surface area contributed by atoms with Crippen molar-refractivity contribution < 1.29 is 27.6 Å². The molecule has 1 aromatic rings. The zero-order valence-electron chi connectivity index (χ0n) is 14.6. The first-order chi connectivity index (χ1) is 13.1. The lowest BCUT2D eigenvalue weighted by molar-refractivity contribution is -0.158. The fourth-order valence-corrected chi connectivity index (χ4v) is 4.63. The number of aromatic nitrogens is 1. The van der Waals surface area contributed by atoms with E-state index in [2.05, 4.69) is 10.3 Å². The van der Waals surface area contributed by atoms with E-state index in [-0.39, 0.29) is 22.3 Å². The van der Waals surface area contributed by atoms with Crippen LogP contribution in [-0.4, -0.2) is 45.4 Å². The van der Waals surface area contributed by atoms with Gasteiger partial charge in [0.2, 0.25) is 11.8 Å². The van der Waals surface area contributed by atoms with Crippen molar-refractivity contribution in [2.24, 2.45) is 0 Å². The zero-order chi connectivity index (χ0) is 20.5. The molecule has 1 N–H and O–H groups in total. The Labute approximate surface area is 168 Å². The molecule has 2 aliphatic rings. The predicted molar refractivity (Wildman–Crippen MR) is 95.7 cm³/mol. The standard InChI is InChI=1S/C17H17ClF3N3O3S/c18-11-6-10(17(19,20)21)7-22-14(11)28-9-13(26)24-8-12(25)23-15(27)16(24)4-2-1-3-5-16/h6-7H,1-5,8-9H2,(H,23,25,27). The summed E-state index contributed by atoms with van der Waals surface area (Å²) in [6.07, 6.45) is -0.478. The molecule has 2 heterocycles. The number of pyridine rings is 1. The molecule has 0 radical (unpaired) electrons. The lowest BCUT2D eigenvalue weighted by Crippen LogP contribution is -2.69. The van der Waals surface area contributed by atoms with Gasteiger partial charge in [-0.3, -0.25) is 19.7 Å².